The molecule has 0 radical (unpaired) electrons. The molecule has 0 spiro atoms. The smallest absolute Gasteiger partial charge is 0.254 e. The lowest BCUT2D eigenvalue weighted by Gasteiger charge is -2.31. The van der Waals surface area contributed by atoms with Crippen molar-refractivity contribution in [3.63, 3.8) is 0 Å². The second-order valence-corrected chi connectivity index (χ2v) is 8.05. The van der Waals surface area contributed by atoms with Crippen molar-refractivity contribution < 1.29 is 14.3 Å². The summed E-state index contributed by atoms with van der Waals surface area (Å²) in [4.78, 5) is 27.1. The van der Waals surface area contributed by atoms with Crippen molar-refractivity contribution in [2.45, 2.75) is 19.8 Å². The maximum atomic E-state index is 13.5. The number of methoxy groups -OCH3 is 1. The molecule has 2 amide bonds. The van der Waals surface area contributed by atoms with Gasteiger partial charge in [0, 0.05) is 39.8 Å². The Bertz CT molecular complexity index is 1170. The highest BCUT2D eigenvalue weighted by molar-refractivity contribution is 6.11. The van der Waals surface area contributed by atoms with E-state index in [-0.39, 0.29) is 11.8 Å². The Hall–Kier alpha value is -4.32. The molecule has 0 fully saturated rings. The molecule has 0 aliphatic carbocycles. The van der Waals surface area contributed by atoms with E-state index in [1.54, 1.807) is 7.11 Å². The number of allylic oxidation sites excluding steroid dienone is 2. The molecule has 3 aromatic rings. The van der Waals surface area contributed by atoms with Gasteiger partial charge in [0.2, 0.25) is 0 Å². The molecule has 6 heteroatoms. The molecule has 0 aromatic heterocycles. The van der Waals surface area contributed by atoms with E-state index < -0.39 is 5.92 Å². The molecule has 3 N–H and O–H groups in total. The molecule has 4 rings (SSSR count). The minimum absolute atomic E-state index is 0.269. The molecule has 1 aliphatic heterocycles. The van der Waals surface area contributed by atoms with Crippen molar-refractivity contribution in [1.29, 1.82) is 0 Å². The molecule has 0 saturated carbocycles. The Labute approximate surface area is 199 Å². The van der Waals surface area contributed by atoms with Gasteiger partial charge in [0.05, 0.1) is 7.11 Å². The number of para-hydroxylation sites is 2. The summed E-state index contributed by atoms with van der Waals surface area (Å²) in [5, 5.41) is 9.19. The van der Waals surface area contributed by atoms with Crippen LogP contribution in [0.15, 0.2) is 107 Å². The number of hydrogen-bond donors (Lipinski definition) is 3. The average Bonchev–Trinajstić information content (AvgIpc) is 2.84. The minimum atomic E-state index is -0.570. The molecule has 34 heavy (non-hydrogen) atoms. The van der Waals surface area contributed by atoms with Gasteiger partial charge >= 0.3 is 0 Å². The van der Waals surface area contributed by atoms with Crippen LogP contribution in [0.4, 0.5) is 11.4 Å². The largest absolute Gasteiger partial charge is 0.497 e. The highest BCUT2D eigenvalue weighted by Crippen LogP contribution is 2.39. The molecular weight excluding hydrogens is 426 g/mol. The summed E-state index contributed by atoms with van der Waals surface area (Å²) in [6, 6.07) is 26.0. The maximum absolute atomic E-state index is 13.5. The normalized spacial score (nSPS) is 13.9. The van der Waals surface area contributed by atoms with Gasteiger partial charge in [0.1, 0.15) is 5.75 Å². The summed E-state index contributed by atoms with van der Waals surface area (Å²) in [6.45, 7) is 3.71. The van der Waals surface area contributed by atoms with Crippen LogP contribution >= 0.6 is 0 Å². The Balaban J connectivity index is 1.76. The first-order chi connectivity index (χ1) is 16.5. The van der Waals surface area contributed by atoms with Crippen LogP contribution in [0.2, 0.25) is 0 Å². The zero-order chi connectivity index (χ0) is 24.1. The van der Waals surface area contributed by atoms with Gasteiger partial charge in [-0.25, -0.2) is 0 Å². The van der Waals surface area contributed by atoms with Crippen LogP contribution in [0.25, 0.3) is 0 Å². The fourth-order valence-corrected chi connectivity index (χ4v) is 4.17. The molecule has 0 atom stereocenters. The lowest BCUT2D eigenvalue weighted by Crippen LogP contribution is -2.35. The lowest BCUT2D eigenvalue weighted by atomic mass is 9.79. The van der Waals surface area contributed by atoms with Gasteiger partial charge in [0.25, 0.3) is 11.8 Å². The number of ether oxygens (including phenoxy) is 1. The summed E-state index contributed by atoms with van der Waals surface area (Å²) < 4.78 is 5.31. The number of carbonyl (C=O) groups is 2. The average molecular weight is 454 g/mol. The number of dihydropyridines is 1. The topological polar surface area (TPSA) is 79.5 Å². The van der Waals surface area contributed by atoms with E-state index in [1.807, 2.05) is 98.8 Å². The minimum Gasteiger partial charge on any atom is -0.497 e. The molecule has 3 aromatic carbocycles. The van der Waals surface area contributed by atoms with Gasteiger partial charge in [0.15, 0.2) is 0 Å². The Morgan fingerprint density at radius 1 is 0.706 bits per heavy atom. The van der Waals surface area contributed by atoms with Crippen LogP contribution < -0.4 is 20.7 Å². The number of anilines is 2. The van der Waals surface area contributed by atoms with Crippen molar-refractivity contribution in [2.24, 2.45) is 0 Å². The first-order valence-electron chi connectivity index (χ1n) is 11.0. The summed E-state index contributed by atoms with van der Waals surface area (Å²) >= 11 is 0. The van der Waals surface area contributed by atoms with Crippen molar-refractivity contribution in [3.05, 3.63) is 113 Å². The number of benzene rings is 3. The predicted molar refractivity (Wildman–Crippen MR) is 134 cm³/mol. The van der Waals surface area contributed by atoms with E-state index in [4.69, 9.17) is 4.74 Å². The zero-order valence-electron chi connectivity index (χ0n) is 19.4. The number of carbonyl (C=O) groups excluding carboxylic acids is 2. The zero-order valence-corrected chi connectivity index (χ0v) is 19.4. The van der Waals surface area contributed by atoms with Crippen LogP contribution in [0.5, 0.6) is 5.75 Å². The third kappa shape index (κ3) is 4.86. The molecule has 172 valence electrons. The van der Waals surface area contributed by atoms with Crippen LogP contribution in [0.3, 0.4) is 0 Å². The van der Waals surface area contributed by atoms with Gasteiger partial charge in [-0.1, -0.05) is 48.5 Å². The van der Waals surface area contributed by atoms with Crippen LogP contribution in [0, 0.1) is 0 Å². The van der Waals surface area contributed by atoms with E-state index >= 15 is 0 Å². The van der Waals surface area contributed by atoms with E-state index in [0.29, 0.717) is 39.7 Å². The third-order valence-corrected chi connectivity index (χ3v) is 5.76. The van der Waals surface area contributed by atoms with Crippen molar-refractivity contribution in [2.75, 3.05) is 17.7 Å². The SMILES string of the molecule is COc1ccc(C2C(C(=O)Nc3ccccc3)=C(C)NC(C)=C2C(=O)Nc2ccccc2)cc1. The Kier molecular flexibility index (Phi) is 6.78. The van der Waals surface area contributed by atoms with Gasteiger partial charge < -0.3 is 20.7 Å². The van der Waals surface area contributed by atoms with E-state index in [9.17, 15) is 9.59 Å². The number of hydrogen-bond acceptors (Lipinski definition) is 4. The maximum Gasteiger partial charge on any atom is 0.254 e. The van der Waals surface area contributed by atoms with Gasteiger partial charge in [-0.2, -0.15) is 0 Å². The summed E-state index contributed by atoms with van der Waals surface area (Å²) in [7, 11) is 1.60. The molecule has 6 nitrogen and oxygen atoms in total. The van der Waals surface area contributed by atoms with Crippen molar-refractivity contribution >= 4 is 23.2 Å². The van der Waals surface area contributed by atoms with Gasteiger partial charge in [-0.15, -0.1) is 0 Å². The molecule has 1 aliphatic rings. The van der Waals surface area contributed by atoms with Gasteiger partial charge in [-0.3, -0.25) is 9.59 Å². The lowest BCUT2D eigenvalue weighted by molar-refractivity contribution is -0.113. The summed E-state index contributed by atoms with van der Waals surface area (Å²) in [5.74, 6) is -0.409. The second kappa shape index (κ2) is 10.1. The van der Waals surface area contributed by atoms with Crippen molar-refractivity contribution in [1.82, 2.24) is 5.32 Å². The summed E-state index contributed by atoms with van der Waals surface area (Å²) in [5.41, 5.74) is 4.55. The van der Waals surface area contributed by atoms with Crippen molar-refractivity contribution in [3.8, 4) is 5.75 Å². The molecule has 0 saturated heterocycles. The highest BCUT2D eigenvalue weighted by atomic mass is 16.5. The third-order valence-electron chi connectivity index (χ3n) is 5.76. The molecular formula is C28H27N3O3. The highest BCUT2D eigenvalue weighted by Gasteiger charge is 2.36. The number of nitrogens with one attached hydrogen (secondary N) is 3. The number of rotatable bonds is 6. The van der Waals surface area contributed by atoms with Gasteiger partial charge in [-0.05, 0) is 55.8 Å². The predicted octanol–water partition coefficient (Wildman–Crippen LogP) is 5.21. The summed E-state index contributed by atoms with van der Waals surface area (Å²) in [6.07, 6.45) is 0. The fraction of sp³-hybridized carbons (Fsp3) is 0.143. The number of amides is 2. The second-order valence-electron chi connectivity index (χ2n) is 8.05. The first kappa shape index (κ1) is 22.9. The monoisotopic (exact) mass is 453 g/mol. The van der Waals surface area contributed by atoms with Crippen LogP contribution in [0.1, 0.15) is 25.3 Å². The van der Waals surface area contributed by atoms with Crippen LogP contribution in [-0.4, -0.2) is 18.9 Å². The Morgan fingerprint density at radius 3 is 1.56 bits per heavy atom. The van der Waals surface area contributed by atoms with E-state index in [0.717, 1.165) is 5.56 Å². The molecule has 0 bridgehead atoms. The van der Waals surface area contributed by atoms with E-state index in [2.05, 4.69) is 16.0 Å². The quantitative estimate of drug-likeness (QED) is 0.479. The van der Waals surface area contributed by atoms with E-state index in [1.165, 1.54) is 0 Å². The van der Waals surface area contributed by atoms with Crippen LogP contribution in [-0.2, 0) is 9.59 Å². The first-order valence-corrected chi connectivity index (χ1v) is 11.0. The Morgan fingerprint density at radius 2 is 1.15 bits per heavy atom. The standard InChI is InChI=1S/C28H27N3O3/c1-18-24(27(32)30-21-10-6-4-7-11-21)26(20-14-16-23(34-3)17-15-20)25(19(2)29-18)28(33)31-22-12-8-5-9-13-22/h4-17,26,29H,1-3H3,(H,30,32)(H,31,33). The molecule has 0 unspecified atom stereocenters. The molecule has 1 heterocycles. The fourth-order valence-electron chi connectivity index (χ4n) is 4.17.